The van der Waals surface area contributed by atoms with Gasteiger partial charge in [-0.3, -0.25) is 9.59 Å². The molecule has 0 aliphatic rings. The van der Waals surface area contributed by atoms with Crippen molar-refractivity contribution in [3.05, 3.63) is 83.0 Å². The van der Waals surface area contributed by atoms with E-state index in [-0.39, 0.29) is 24.2 Å². The Hall–Kier alpha value is -3.18. The van der Waals surface area contributed by atoms with Crippen molar-refractivity contribution in [1.82, 2.24) is 10.3 Å². The van der Waals surface area contributed by atoms with Gasteiger partial charge in [0.05, 0.1) is 5.52 Å². The number of halogens is 1. The first-order valence-corrected chi connectivity index (χ1v) is 8.70. The van der Waals surface area contributed by atoms with Gasteiger partial charge in [0.25, 0.3) is 0 Å². The summed E-state index contributed by atoms with van der Waals surface area (Å²) in [7, 11) is 0. The maximum Gasteiger partial charge on any atom is 0.325 e. The fourth-order valence-electron chi connectivity index (χ4n) is 2.40. The molecule has 0 aliphatic heterocycles. The number of carbonyl (C=O) groups excluding carboxylic acids is 2. The van der Waals surface area contributed by atoms with Gasteiger partial charge in [0.2, 0.25) is 5.91 Å². The molecule has 0 bridgehead atoms. The van der Waals surface area contributed by atoms with Gasteiger partial charge in [-0.2, -0.15) is 0 Å². The maximum atomic E-state index is 11.8. The van der Waals surface area contributed by atoms with E-state index in [2.05, 4.69) is 10.3 Å². The highest BCUT2D eigenvalue weighted by atomic mass is 35.5. The van der Waals surface area contributed by atoms with Gasteiger partial charge in [-0.05, 0) is 23.8 Å². The van der Waals surface area contributed by atoms with Crippen LogP contribution < -0.4 is 5.32 Å². The molecule has 0 aliphatic carbocycles. The van der Waals surface area contributed by atoms with Crippen molar-refractivity contribution in [2.24, 2.45) is 0 Å². The number of rotatable bonds is 6. The summed E-state index contributed by atoms with van der Waals surface area (Å²) in [5.41, 5.74) is 2.28. The smallest absolute Gasteiger partial charge is 0.325 e. The van der Waals surface area contributed by atoms with E-state index in [1.54, 1.807) is 6.08 Å². The molecule has 27 heavy (non-hydrogen) atoms. The number of benzene rings is 2. The van der Waals surface area contributed by atoms with E-state index in [0.29, 0.717) is 5.56 Å². The van der Waals surface area contributed by atoms with Crippen molar-refractivity contribution in [1.29, 1.82) is 0 Å². The summed E-state index contributed by atoms with van der Waals surface area (Å²) in [6.07, 6.45) is 3.04. The van der Waals surface area contributed by atoms with Crippen LogP contribution in [0.15, 0.2) is 66.7 Å². The number of ether oxygens (including phenoxy) is 1. The second kappa shape index (κ2) is 8.96. The van der Waals surface area contributed by atoms with Crippen LogP contribution in [0.1, 0.15) is 11.1 Å². The summed E-state index contributed by atoms with van der Waals surface area (Å²) < 4.78 is 5.17. The maximum absolute atomic E-state index is 11.8. The van der Waals surface area contributed by atoms with Gasteiger partial charge in [0.1, 0.15) is 18.3 Å². The highest BCUT2D eigenvalue weighted by molar-refractivity contribution is 6.30. The van der Waals surface area contributed by atoms with Crippen LogP contribution >= 0.6 is 11.6 Å². The van der Waals surface area contributed by atoms with Crippen LogP contribution in [0.2, 0.25) is 5.15 Å². The molecular weight excluding hydrogens is 364 g/mol. The summed E-state index contributed by atoms with van der Waals surface area (Å²) in [6.45, 7) is -0.234. The highest BCUT2D eigenvalue weighted by Crippen LogP contribution is 2.21. The molecule has 0 saturated heterocycles. The van der Waals surface area contributed by atoms with Gasteiger partial charge in [-0.25, -0.2) is 4.98 Å². The Morgan fingerprint density at radius 2 is 1.81 bits per heavy atom. The van der Waals surface area contributed by atoms with Crippen LogP contribution in [0.3, 0.4) is 0 Å². The number of hydrogen-bond donors (Lipinski definition) is 1. The SMILES string of the molecule is O=C(/C=C/c1ccccc1)NCC(=O)OCc1cc2ccccc2nc1Cl. The predicted molar refractivity (Wildman–Crippen MR) is 105 cm³/mol. The van der Waals surface area contributed by atoms with Gasteiger partial charge in [0, 0.05) is 17.0 Å². The average molecular weight is 381 g/mol. The van der Waals surface area contributed by atoms with Crippen molar-refractivity contribution in [2.45, 2.75) is 6.61 Å². The minimum Gasteiger partial charge on any atom is -0.459 e. The Morgan fingerprint density at radius 3 is 2.63 bits per heavy atom. The lowest BCUT2D eigenvalue weighted by Crippen LogP contribution is -2.29. The third kappa shape index (κ3) is 5.39. The van der Waals surface area contributed by atoms with Crippen LogP contribution in [0, 0.1) is 0 Å². The lowest BCUT2D eigenvalue weighted by atomic mass is 10.2. The van der Waals surface area contributed by atoms with Crippen LogP contribution in [0.4, 0.5) is 0 Å². The topological polar surface area (TPSA) is 68.3 Å². The Kier molecular flexibility index (Phi) is 6.18. The number of pyridine rings is 1. The van der Waals surface area contributed by atoms with E-state index in [1.165, 1.54) is 6.08 Å². The van der Waals surface area contributed by atoms with Crippen LogP contribution in [0.25, 0.3) is 17.0 Å². The van der Waals surface area contributed by atoms with Crippen molar-refractivity contribution in [2.75, 3.05) is 6.54 Å². The molecule has 5 nitrogen and oxygen atoms in total. The third-order valence-corrected chi connectivity index (χ3v) is 4.10. The number of esters is 1. The van der Waals surface area contributed by atoms with Crippen molar-refractivity contribution >= 4 is 40.5 Å². The molecule has 0 saturated carbocycles. The molecule has 0 spiro atoms. The van der Waals surface area contributed by atoms with Gasteiger partial charge in [-0.1, -0.05) is 60.1 Å². The minimum atomic E-state index is -0.555. The fraction of sp³-hybridized carbons (Fsp3) is 0.0952. The molecule has 136 valence electrons. The summed E-state index contributed by atoms with van der Waals surface area (Å²) in [5.74, 6) is -0.929. The lowest BCUT2D eigenvalue weighted by Gasteiger charge is -2.08. The largest absolute Gasteiger partial charge is 0.459 e. The van der Waals surface area contributed by atoms with E-state index in [0.717, 1.165) is 16.5 Å². The van der Waals surface area contributed by atoms with Crippen molar-refractivity contribution < 1.29 is 14.3 Å². The number of para-hydroxylation sites is 1. The van der Waals surface area contributed by atoms with Gasteiger partial charge >= 0.3 is 5.97 Å². The fourth-order valence-corrected chi connectivity index (χ4v) is 2.60. The van der Waals surface area contributed by atoms with Gasteiger partial charge in [0.15, 0.2) is 0 Å². The molecule has 3 aromatic rings. The monoisotopic (exact) mass is 380 g/mol. The summed E-state index contributed by atoms with van der Waals surface area (Å²) in [4.78, 5) is 27.9. The minimum absolute atomic E-state index is 0.00870. The first-order chi connectivity index (χ1) is 13.1. The first-order valence-electron chi connectivity index (χ1n) is 8.32. The molecule has 1 N–H and O–H groups in total. The van der Waals surface area contributed by atoms with E-state index in [9.17, 15) is 9.59 Å². The number of amides is 1. The van der Waals surface area contributed by atoms with Crippen LogP contribution in [-0.2, 0) is 20.9 Å². The van der Waals surface area contributed by atoms with E-state index in [1.807, 2.05) is 60.7 Å². The lowest BCUT2D eigenvalue weighted by molar-refractivity contribution is -0.144. The molecule has 3 rings (SSSR count). The Labute approximate surface area is 161 Å². The van der Waals surface area contributed by atoms with E-state index in [4.69, 9.17) is 16.3 Å². The molecule has 0 atom stereocenters. The second-order valence-corrected chi connectivity index (χ2v) is 6.11. The van der Waals surface area contributed by atoms with E-state index < -0.39 is 5.97 Å². The first kappa shape index (κ1) is 18.6. The normalized spacial score (nSPS) is 10.9. The Balaban J connectivity index is 1.49. The van der Waals surface area contributed by atoms with Crippen molar-refractivity contribution in [3.8, 4) is 0 Å². The molecular formula is C21H17ClN2O3. The second-order valence-electron chi connectivity index (χ2n) is 5.75. The van der Waals surface area contributed by atoms with Crippen LogP contribution in [-0.4, -0.2) is 23.4 Å². The average Bonchev–Trinajstić information content (AvgIpc) is 2.70. The summed E-state index contributed by atoms with van der Waals surface area (Å²) in [5, 5.41) is 3.68. The number of hydrogen-bond acceptors (Lipinski definition) is 4. The van der Waals surface area contributed by atoms with Crippen LogP contribution in [0.5, 0.6) is 0 Å². The Morgan fingerprint density at radius 1 is 1.07 bits per heavy atom. The molecule has 0 radical (unpaired) electrons. The quantitative estimate of drug-likeness (QED) is 0.401. The van der Waals surface area contributed by atoms with Gasteiger partial charge in [-0.15, -0.1) is 0 Å². The number of nitrogens with one attached hydrogen (secondary N) is 1. The highest BCUT2D eigenvalue weighted by Gasteiger charge is 2.09. The third-order valence-electron chi connectivity index (χ3n) is 3.77. The molecule has 1 amide bonds. The summed E-state index contributed by atoms with van der Waals surface area (Å²) in [6, 6.07) is 18.8. The Bertz CT molecular complexity index is 987. The molecule has 1 heterocycles. The zero-order valence-electron chi connectivity index (χ0n) is 14.4. The zero-order valence-corrected chi connectivity index (χ0v) is 15.1. The molecule has 2 aromatic carbocycles. The molecule has 0 fully saturated rings. The standard InChI is InChI=1S/C21H17ClN2O3/c22-21-17(12-16-8-4-5-9-18(16)24-21)14-27-20(26)13-23-19(25)11-10-15-6-2-1-3-7-15/h1-12H,13-14H2,(H,23,25)/b11-10+. The molecule has 0 unspecified atom stereocenters. The van der Waals surface area contributed by atoms with E-state index >= 15 is 0 Å². The number of nitrogens with zero attached hydrogens (tertiary/aromatic N) is 1. The number of carbonyl (C=O) groups is 2. The summed E-state index contributed by atoms with van der Waals surface area (Å²) >= 11 is 6.13. The molecule has 6 heteroatoms. The predicted octanol–water partition coefficient (Wildman–Crippen LogP) is 3.76. The number of fused-ring (bicyclic) bond motifs is 1. The molecule has 1 aromatic heterocycles. The van der Waals surface area contributed by atoms with Gasteiger partial charge < -0.3 is 10.1 Å². The zero-order chi connectivity index (χ0) is 19.1. The van der Waals surface area contributed by atoms with Crippen molar-refractivity contribution in [3.63, 3.8) is 0 Å². The number of aromatic nitrogens is 1.